The highest BCUT2D eigenvalue weighted by Gasteiger charge is 2.15. The minimum absolute atomic E-state index is 0.211. The average Bonchev–Trinajstić information content (AvgIpc) is 2.22. The summed E-state index contributed by atoms with van der Waals surface area (Å²) in [6, 6.07) is 5.28. The van der Waals surface area contributed by atoms with Gasteiger partial charge in [0.05, 0.1) is 0 Å². The highest BCUT2D eigenvalue weighted by molar-refractivity contribution is 5.97. The third-order valence-electron chi connectivity index (χ3n) is 2.54. The SMILES string of the molecule is CC(=O)N[C@H](C)C(=O)Nc1c(C)cccc1C. The summed E-state index contributed by atoms with van der Waals surface area (Å²) in [5.41, 5.74) is 2.83. The summed E-state index contributed by atoms with van der Waals surface area (Å²) in [4.78, 5) is 22.7. The number of hydrogen-bond acceptors (Lipinski definition) is 2. The van der Waals surface area contributed by atoms with Crippen LogP contribution >= 0.6 is 0 Å². The number of aryl methyl sites for hydroxylation is 2. The lowest BCUT2D eigenvalue weighted by Crippen LogP contribution is -2.40. The Labute approximate surface area is 101 Å². The second kappa shape index (κ2) is 5.48. The Kier molecular flexibility index (Phi) is 4.26. The Balaban J connectivity index is 2.78. The van der Waals surface area contributed by atoms with Crippen LogP contribution < -0.4 is 10.6 Å². The van der Waals surface area contributed by atoms with Crippen molar-refractivity contribution in [2.24, 2.45) is 0 Å². The molecule has 0 fully saturated rings. The number of nitrogens with one attached hydrogen (secondary N) is 2. The van der Waals surface area contributed by atoms with Gasteiger partial charge in [0.1, 0.15) is 6.04 Å². The quantitative estimate of drug-likeness (QED) is 0.837. The zero-order chi connectivity index (χ0) is 13.0. The number of carbonyl (C=O) groups excluding carboxylic acids is 2. The topological polar surface area (TPSA) is 58.2 Å². The van der Waals surface area contributed by atoms with Gasteiger partial charge in [-0.25, -0.2) is 0 Å². The molecule has 0 radical (unpaired) electrons. The fourth-order valence-electron chi connectivity index (χ4n) is 1.61. The highest BCUT2D eigenvalue weighted by atomic mass is 16.2. The lowest BCUT2D eigenvalue weighted by atomic mass is 10.1. The van der Waals surface area contributed by atoms with Crippen LogP contribution in [-0.4, -0.2) is 17.9 Å². The molecule has 0 spiro atoms. The summed E-state index contributed by atoms with van der Waals surface area (Å²) < 4.78 is 0. The van der Waals surface area contributed by atoms with Crippen LogP contribution in [0.2, 0.25) is 0 Å². The van der Waals surface area contributed by atoms with Gasteiger partial charge in [-0.05, 0) is 31.9 Å². The number of amides is 2. The van der Waals surface area contributed by atoms with Crippen LogP contribution in [0.25, 0.3) is 0 Å². The molecule has 0 bridgehead atoms. The number of para-hydroxylation sites is 1. The number of rotatable bonds is 3. The number of hydrogen-bond donors (Lipinski definition) is 2. The van der Waals surface area contributed by atoms with E-state index in [1.165, 1.54) is 6.92 Å². The van der Waals surface area contributed by atoms with E-state index in [4.69, 9.17) is 0 Å². The van der Waals surface area contributed by atoms with Crippen LogP contribution in [0.5, 0.6) is 0 Å². The van der Waals surface area contributed by atoms with Crippen molar-refractivity contribution in [1.82, 2.24) is 5.32 Å². The van der Waals surface area contributed by atoms with Crippen molar-refractivity contribution in [2.45, 2.75) is 33.7 Å². The van der Waals surface area contributed by atoms with Gasteiger partial charge in [-0.15, -0.1) is 0 Å². The van der Waals surface area contributed by atoms with Gasteiger partial charge in [0.15, 0.2) is 0 Å². The second-order valence-corrected chi connectivity index (χ2v) is 4.18. The van der Waals surface area contributed by atoms with E-state index in [-0.39, 0.29) is 11.8 Å². The third kappa shape index (κ3) is 3.59. The van der Waals surface area contributed by atoms with Crippen molar-refractivity contribution >= 4 is 17.5 Å². The van der Waals surface area contributed by atoms with E-state index in [0.717, 1.165) is 16.8 Å². The molecule has 0 saturated carbocycles. The minimum atomic E-state index is -0.536. The monoisotopic (exact) mass is 234 g/mol. The molecule has 1 aromatic carbocycles. The maximum absolute atomic E-state index is 11.8. The van der Waals surface area contributed by atoms with Gasteiger partial charge in [0, 0.05) is 12.6 Å². The number of benzene rings is 1. The van der Waals surface area contributed by atoms with E-state index in [0.29, 0.717) is 0 Å². The normalized spacial score (nSPS) is 11.8. The van der Waals surface area contributed by atoms with Gasteiger partial charge in [0.25, 0.3) is 0 Å². The van der Waals surface area contributed by atoms with Gasteiger partial charge in [-0.2, -0.15) is 0 Å². The molecule has 0 saturated heterocycles. The maximum Gasteiger partial charge on any atom is 0.246 e. The molecule has 0 heterocycles. The minimum Gasteiger partial charge on any atom is -0.345 e. The molecule has 1 aromatic rings. The first kappa shape index (κ1) is 13.2. The van der Waals surface area contributed by atoms with E-state index >= 15 is 0 Å². The van der Waals surface area contributed by atoms with Gasteiger partial charge in [0.2, 0.25) is 11.8 Å². The Hall–Kier alpha value is -1.84. The second-order valence-electron chi connectivity index (χ2n) is 4.18. The molecule has 2 N–H and O–H groups in total. The Morgan fingerprint density at radius 3 is 2.18 bits per heavy atom. The van der Waals surface area contributed by atoms with E-state index in [1.54, 1.807) is 6.92 Å². The smallest absolute Gasteiger partial charge is 0.246 e. The van der Waals surface area contributed by atoms with Crippen molar-refractivity contribution in [1.29, 1.82) is 0 Å². The number of carbonyl (C=O) groups is 2. The van der Waals surface area contributed by atoms with Crippen LogP contribution in [0.3, 0.4) is 0 Å². The summed E-state index contributed by atoms with van der Waals surface area (Å²) in [7, 11) is 0. The van der Waals surface area contributed by atoms with Gasteiger partial charge < -0.3 is 10.6 Å². The molecule has 4 nitrogen and oxygen atoms in total. The standard InChI is InChI=1S/C13H18N2O2/c1-8-6-5-7-9(2)12(8)15-13(17)10(3)14-11(4)16/h5-7,10H,1-4H3,(H,14,16)(H,15,17)/t10-/m1/s1. The third-order valence-corrected chi connectivity index (χ3v) is 2.54. The zero-order valence-electron chi connectivity index (χ0n) is 10.6. The van der Waals surface area contributed by atoms with Crippen LogP contribution in [-0.2, 0) is 9.59 Å². The van der Waals surface area contributed by atoms with Gasteiger partial charge in [-0.3, -0.25) is 9.59 Å². The predicted octanol–water partition coefficient (Wildman–Crippen LogP) is 1.77. The highest BCUT2D eigenvalue weighted by Crippen LogP contribution is 2.19. The molecular weight excluding hydrogens is 216 g/mol. The number of anilines is 1. The molecule has 1 rings (SSSR count). The van der Waals surface area contributed by atoms with Crippen LogP contribution in [0.15, 0.2) is 18.2 Å². The van der Waals surface area contributed by atoms with Crippen LogP contribution in [0.1, 0.15) is 25.0 Å². The van der Waals surface area contributed by atoms with Crippen molar-refractivity contribution in [3.05, 3.63) is 29.3 Å². The molecule has 0 aromatic heterocycles. The van der Waals surface area contributed by atoms with Gasteiger partial charge >= 0.3 is 0 Å². The molecule has 4 heteroatoms. The van der Waals surface area contributed by atoms with Crippen molar-refractivity contribution < 1.29 is 9.59 Å². The Morgan fingerprint density at radius 1 is 1.18 bits per heavy atom. The summed E-state index contributed by atoms with van der Waals surface area (Å²) >= 11 is 0. The summed E-state index contributed by atoms with van der Waals surface area (Å²) in [5, 5.41) is 5.38. The lowest BCUT2D eigenvalue weighted by molar-refractivity contribution is -0.124. The first-order chi connectivity index (χ1) is 7.91. The first-order valence-corrected chi connectivity index (χ1v) is 5.56. The van der Waals surface area contributed by atoms with Crippen LogP contribution in [0.4, 0.5) is 5.69 Å². The summed E-state index contributed by atoms with van der Waals surface area (Å²) in [6.45, 7) is 6.92. The zero-order valence-corrected chi connectivity index (χ0v) is 10.6. The molecule has 92 valence electrons. The summed E-state index contributed by atoms with van der Waals surface area (Å²) in [5.74, 6) is -0.424. The molecule has 2 amide bonds. The first-order valence-electron chi connectivity index (χ1n) is 5.56. The molecule has 17 heavy (non-hydrogen) atoms. The van der Waals surface area contributed by atoms with E-state index in [1.807, 2.05) is 32.0 Å². The maximum atomic E-state index is 11.8. The molecule has 0 aliphatic carbocycles. The summed E-state index contributed by atoms with van der Waals surface area (Å²) in [6.07, 6.45) is 0. The average molecular weight is 234 g/mol. The van der Waals surface area contributed by atoms with Gasteiger partial charge in [-0.1, -0.05) is 18.2 Å². The Morgan fingerprint density at radius 2 is 1.71 bits per heavy atom. The fraction of sp³-hybridized carbons (Fsp3) is 0.385. The Bertz CT molecular complexity index is 421. The molecule has 0 unspecified atom stereocenters. The molecule has 0 aliphatic rings. The molecular formula is C13H18N2O2. The van der Waals surface area contributed by atoms with Crippen molar-refractivity contribution in [3.8, 4) is 0 Å². The lowest BCUT2D eigenvalue weighted by Gasteiger charge is -2.15. The van der Waals surface area contributed by atoms with Crippen molar-refractivity contribution in [3.63, 3.8) is 0 Å². The van der Waals surface area contributed by atoms with E-state index in [2.05, 4.69) is 10.6 Å². The molecule has 1 atom stereocenters. The van der Waals surface area contributed by atoms with E-state index in [9.17, 15) is 9.59 Å². The van der Waals surface area contributed by atoms with Crippen molar-refractivity contribution in [2.75, 3.05) is 5.32 Å². The molecule has 0 aliphatic heterocycles. The predicted molar refractivity (Wildman–Crippen MR) is 67.8 cm³/mol. The largest absolute Gasteiger partial charge is 0.345 e. The van der Waals surface area contributed by atoms with E-state index < -0.39 is 6.04 Å². The fourth-order valence-corrected chi connectivity index (χ4v) is 1.61. The van der Waals surface area contributed by atoms with Crippen LogP contribution in [0, 0.1) is 13.8 Å².